The summed E-state index contributed by atoms with van der Waals surface area (Å²) in [5, 5.41) is 19.7. The smallest absolute Gasteiger partial charge is 0.399 e. The summed E-state index contributed by atoms with van der Waals surface area (Å²) in [5.41, 5.74) is 0.575. The van der Waals surface area contributed by atoms with Gasteiger partial charge >= 0.3 is 7.12 Å². The van der Waals surface area contributed by atoms with Gasteiger partial charge in [-0.25, -0.2) is 0 Å². The maximum atomic E-state index is 10.0. The largest absolute Gasteiger partial charge is 0.494 e. The predicted molar refractivity (Wildman–Crippen MR) is 83.8 cm³/mol. The third-order valence-electron chi connectivity index (χ3n) is 4.30. The lowest BCUT2D eigenvalue weighted by molar-refractivity contribution is 0.00578. The van der Waals surface area contributed by atoms with Gasteiger partial charge in [0.25, 0.3) is 0 Å². The molecule has 4 nitrogen and oxygen atoms in total. The zero-order valence-corrected chi connectivity index (χ0v) is 13.6. The molecule has 1 aliphatic rings. The van der Waals surface area contributed by atoms with Gasteiger partial charge in [0, 0.05) is 0 Å². The zero-order chi connectivity index (χ0) is 15.8. The number of benzene rings is 1. The molecule has 0 aromatic heterocycles. The van der Waals surface area contributed by atoms with Crippen LogP contribution in [0.1, 0.15) is 39.4 Å². The highest BCUT2D eigenvalue weighted by Gasteiger charge is 2.51. The lowest BCUT2D eigenvalue weighted by atomic mass is 9.78. The van der Waals surface area contributed by atoms with Crippen LogP contribution in [-0.4, -0.2) is 40.5 Å². The van der Waals surface area contributed by atoms with E-state index in [2.05, 4.69) is 0 Å². The van der Waals surface area contributed by atoms with Gasteiger partial charge < -0.3 is 19.5 Å². The van der Waals surface area contributed by atoms with Crippen LogP contribution in [0.4, 0.5) is 0 Å². The first kappa shape index (κ1) is 16.8. The highest BCUT2D eigenvalue weighted by molar-refractivity contribution is 6.62. The van der Waals surface area contributed by atoms with E-state index < -0.39 is 30.5 Å². The summed E-state index contributed by atoms with van der Waals surface area (Å²) in [6.45, 7) is 7.96. The molecule has 0 radical (unpaired) electrons. The Kier molecular flexibility index (Phi) is 4.71. The molecule has 2 rings (SSSR count). The van der Waals surface area contributed by atoms with Crippen LogP contribution < -0.4 is 5.46 Å². The van der Waals surface area contributed by atoms with Crippen molar-refractivity contribution in [1.82, 2.24) is 0 Å². The Morgan fingerprint density at radius 3 is 2.24 bits per heavy atom. The fourth-order valence-corrected chi connectivity index (χ4v) is 2.34. The van der Waals surface area contributed by atoms with Gasteiger partial charge in [-0.05, 0) is 38.7 Å². The molecule has 1 fully saturated rings. The predicted octanol–water partition coefficient (Wildman–Crippen LogP) is 1.62. The van der Waals surface area contributed by atoms with Crippen molar-refractivity contribution in [3.8, 4) is 0 Å². The van der Waals surface area contributed by atoms with Gasteiger partial charge in [0.2, 0.25) is 0 Å². The second-order valence-electron chi connectivity index (χ2n) is 6.42. The van der Waals surface area contributed by atoms with E-state index >= 15 is 0 Å². The normalized spacial score (nSPS) is 23.1. The Morgan fingerprint density at radius 1 is 1.14 bits per heavy atom. The van der Waals surface area contributed by atoms with Crippen molar-refractivity contribution < 1.29 is 19.5 Å². The van der Waals surface area contributed by atoms with Gasteiger partial charge in [-0.3, -0.25) is 0 Å². The Morgan fingerprint density at radius 2 is 1.71 bits per heavy atom. The van der Waals surface area contributed by atoms with Crippen LogP contribution in [0.2, 0.25) is 0 Å². The fourth-order valence-electron chi connectivity index (χ4n) is 2.18. The lowest BCUT2D eigenvalue weighted by Gasteiger charge is -2.32. The van der Waals surface area contributed by atoms with E-state index in [0.717, 1.165) is 5.46 Å². The van der Waals surface area contributed by atoms with Crippen molar-refractivity contribution in [2.24, 2.45) is 0 Å². The van der Waals surface area contributed by atoms with Crippen LogP contribution in [0.25, 0.3) is 0 Å². The minimum absolute atomic E-state index is 0.0259. The van der Waals surface area contributed by atoms with Crippen molar-refractivity contribution in [2.45, 2.75) is 51.1 Å². The van der Waals surface area contributed by atoms with Crippen LogP contribution in [0, 0.1) is 0 Å². The summed E-state index contributed by atoms with van der Waals surface area (Å²) in [6, 6.07) is 7.21. The number of rotatable bonds is 4. The van der Waals surface area contributed by atoms with Crippen molar-refractivity contribution >= 4 is 24.2 Å². The molecule has 0 spiro atoms. The monoisotopic (exact) mass is 312 g/mol. The third kappa shape index (κ3) is 3.27. The van der Waals surface area contributed by atoms with E-state index in [1.165, 1.54) is 0 Å². The van der Waals surface area contributed by atoms with Crippen LogP contribution in [0.5, 0.6) is 0 Å². The Hall–Kier alpha value is -0.585. The number of aliphatic hydroxyl groups excluding tert-OH is 2. The number of hydrogen-bond acceptors (Lipinski definition) is 4. The van der Waals surface area contributed by atoms with E-state index in [0.29, 0.717) is 5.56 Å². The molecule has 1 aromatic carbocycles. The van der Waals surface area contributed by atoms with Gasteiger partial charge in [0.1, 0.15) is 6.10 Å². The molecule has 21 heavy (non-hydrogen) atoms. The van der Waals surface area contributed by atoms with Crippen molar-refractivity contribution in [1.29, 1.82) is 0 Å². The van der Waals surface area contributed by atoms with Gasteiger partial charge in [-0.1, -0.05) is 24.3 Å². The maximum Gasteiger partial charge on any atom is 0.494 e. The zero-order valence-electron chi connectivity index (χ0n) is 12.8. The SMILES string of the molecule is CC1(C)OB(c2cccc(C(O)C(O)CCl)c2)OC1(C)C. The van der Waals surface area contributed by atoms with Crippen molar-refractivity contribution in [3.05, 3.63) is 29.8 Å². The molecule has 1 saturated heterocycles. The van der Waals surface area contributed by atoms with Crippen molar-refractivity contribution in [2.75, 3.05) is 5.88 Å². The molecule has 0 aliphatic carbocycles. The molecular formula is C15H22BClO4. The van der Waals surface area contributed by atoms with Gasteiger partial charge in [-0.15, -0.1) is 11.6 Å². The summed E-state index contributed by atoms with van der Waals surface area (Å²) < 4.78 is 12.0. The summed E-state index contributed by atoms with van der Waals surface area (Å²) >= 11 is 5.58. The molecular weight excluding hydrogens is 290 g/mol. The minimum Gasteiger partial charge on any atom is -0.399 e. The number of aliphatic hydroxyl groups is 2. The quantitative estimate of drug-likeness (QED) is 0.655. The van der Waals surface area contributed by atoms with Gasteiger partial charge in [0.05, 0.1) is 23.2 Å². The molecule has 0 bridgehead atoms. The van der Waals surface area contributed by atoms with E-state index in [1.54, 1.807) is 18.2 Å². The third-order valence-corrected chi connectivity index (χ3v) is 4.62. The van der Waals surface area contributed by atoms with Crippen molar-refractivity contribution in [3.63, 3.8) is 0 Å². The Balaban J connectivity index is 2.23. The molecule has 6 heteroatoms. The average Bonchev–Trinajstić information content (AvgIpc) is 2.66. The molecule has 2 unspecified atom stereocenters. The summed E-state index contributed by atoms with van der Waals surface area (Å²) in [5.74, 6) is -0.0259. The van der Waals surface area contributed by atoms with E-state index in [4.69, 9.17) is 20.9 Å². The molecule has 1 aromatic rings. The summed E-state index contributed by atoms with van der Waals surface area (Å²) in [7, 11) is -0.490. The molecule has 2 atom stereocenters. The molecule has 116 valence electrons. The molecule has 0 saturated carbocycles. The van der Waals surface area contributed by atoms with Crippen LogP contribution in [0.3, 0.4) is 0 Å². The molecule has 0 amide bonds. The number of hydrogen-bond donors (Lipinski definition) is 2. The highest BCUT2D eigenvalue weighted by Crippen LogP contribution is 2.36. The minimum atomic E-state index is -1.02. The number of halogens is 1. The number of alkyl halides is 1. The Labute approximate surface area is 131 Å². The Bertz CT molecular complexity index is 490. The lowest BCUT2D eigenvalue weighted by Crippen LogP contribution is -2.41. The molecule has 1 aliphatic heterocycles. The highest BCUT2D eigenvalue weighted by atomic mass is 35.5. The first-order chi connectivity index (χ1) is 9.68. The maximum absolute atomic E-state index is 10.0. The van der Waals surface area contributed by atoms with Gasteiger partial charge in [0.15, 0.2) is 0 Å². The van der Waals surface area contributed by atoms with E-state index in [-0.39, 0.29) is 5.88 Å². The van der Waals surface area contributed by atoms with Crippen LogP contribution >= 0.6 is 11.6 Å². The fraction of sp³-hybridized carbons (Fsp3) is 0.600. The van der Waals surface area contributed by atoms with Gasteiger partial charge in [-0.2, -0.15) is 0 Å². The molecule has 1 heterocycles. The second kappa shape index (κ2) is 5.90. The van der Waals surface area contributed by atoms with E-state index in [9.17, 15) is 10.2 Å². The average molecular weight is 313 g/mol. The summed E-state index contributed by atoms with van der Waals surface area (Å²) in [4.78, 5) is 0. The molecule has 2 N–H and O–H groups in total. The topological polar surface area (TPSA) is 58.9 Å². The summed E-state index contributed by atoms with van der Waals surface area (Å²) in [6.07, 6.45) is -2.02. The second-order valence-corrected chi connectivity index (χ2v) is 6.73. The first-order valence-corrected chi connectivity index (χ1v) is 7.59. The first-order valence-electron chi connectivity index (χ1n) is 7.05. The van der Waals surface area contributed by atoms with E-state index in [1.807, 2.05) is 33.8 Å². The van der Waals surface area contributed by atoms with Crippen LogP contribution in [0.15, 0.2) is 24.3 Å². The van der Waals surface area contributed by atoms with Crippen LogP contribution in [-0.2, 0) is 9.31 Å². The standard InChI is InChI=1S/C15H22BClO4/c1-14(2)15(3,4)21-16(20-14)11-7-5-6-10(8-11)13(19)12(18)9-17/h5-8,12-13,18-19H,9H2,1-4H3.